The molecule has 0 aliphatic carbocycles. The molecule has 0 fully saturated rings. The molecule has 0 atom stereocenters. The summed E-state index contributed by atoms with van der Waals surface area (Å²) in [5.41, 5.74) is 0. The topological polar surface area (TPSA) is 41.1 Å². The van der Waals surface area contributed by atoms with Crippen LogP contribution in [0, 0.1) is 0 Å². The highest BCUT2D eigenvalue weighted by Gasteiger charge is 1.98. The monoisotopic (exact) mass is 270 g/mol. The van der Waals surface area contributed by atoms with Crippen molar-refractivity contribution in [1.29, 1.82) is 0 Å². The van der Waals surface area contributed by atoms with Gasteiger partial charge >= 0.3 is 6.03 Å². The van der Waals surface area contributed by atoms with E-state index >= 15 is 0 Å². The highest BCUT2D eigenvalue weighted by atomic mass is 16.2. The lowest BCUT2D eigenvalue weighted by Crippen LogP contribution is -2.36. The normalized spacial score (nSPS) is 10.4. The van der Waals surface area contributed by atoms with Crippen molar-refractivity contribution in [2.24, 2.45) is 0 Å². The van der Waals surface area contributed by atoms with Crippen LogP contribution in [-0.2, 0) is 0 Å². The van der Waals surface area contributed by atoms with E-state index in [9.17, 15) is 4.79 Å². The van der Waals surface area contributed by atoms with Crippen LogP contribution in [0.15, 0.2) is 0 Å². The van der Waals surface area contributed by atoms with Gasteiger partial charge in [-0.25, -0.2) is 4.79 Å². The number of urea groups is 1. The van der Waals surface area contributed by atoms with Crippen molar-refractivity contribution in [2.45, 2.75) is 84.5 Å². The maximum absolute atomic E-state index is 11.4. The van der Waals surface area contributed by atoms with Gasteiger partial charge in [-0.05, 0) is 12.8 Å². The molecule has 0 spiro atoms. The largest absolute Gasteiger partial charge is 0.338 e. The fourth-order valence-electron chi connectivity index (χ4n) is 2.10. The van der Waals surface area contributed by atoms with E-state index in [-0.39, 0.29) is 6.03 Å². The zero-order chi connectivity index (χ0) is 14.2. The Morgan fingerprint density at radius 2 is 1.00 bits per heavy atom. The van der Waals surface area contributed by atoms with Gasteiger partial charge in [0.25, 0.3) is 0 Å². The number of carbonyl (C=O) groups excluding carboxylic acids is 1. The molecular weight excluding hydrogens is 236 g/mol. The van der Waals surface area contributed by atoms with Crippen molar-refractivity contribution >= 4 is 6.03 Å². The second-order valence-electron chi connectivity index (χ2n) is 5.36. The van der Waals surface area contributed by atoms with Gasteiger partial charge in [0.1, 0.15) is 0 Å². The van der Waals surface area contributed by atoms with Crippen molar-refractivity contribution < 1.29 is 4.79 Å². The van der Waals surface area contributed by atoms with Gasteiger partial charge in [-0.15, -0.1) is 0 Å². The molecule has 0 aromatic rings. The van der Waals surface area contributed by atoms with Crippen molar-refractivity contribution in [3.63, 3.8) is 0 Å². The van der Waals surface area contributed by atoms with Gasteiger partial charge in [-0.2, -0.15) is 0 Å². The summed E-state index contributed by atoms with van der Waals surface area (Å²) in [5, 5.41) is 5.81. The molecule has 0 aromatic heterocycles. The molecule has 0 heterocycles. The Morgan fingerprint density at radius 3 is 1.53 bits per heavy atom. The third kappa shape index (κ3) is 15.2. The molecule has 2 N–H and O–H groups in total. The lowest BCUT2D eigenvalue weighted by molar-refractivity contribution is 0.240. The van der Waals surface area contributed by atoms with Crippen LogP contribution in [0.4, 0.5) is 4.79 Å². The molecule has 0 aliphatic heterocycles. The summed E-state index contributed by atoms with van der Waals surface area (Å²) in [6.45, 7) is 6.03. The zero-order valence-electron chi connectivity index (χ0n) is 13.1. The number of hydrogen-bond donors (Lipinski definition) is 2. The standard InChI is InChI=1S/C16H34N2O/c1-3-5-7-8-9-10-11-13-15-18-16(19)17-14-12-6-4-2/h3-15H2,1-2H3,(H2,17,18,19). The molecule has 0 unspecified atom stereocenters. The van der Waals surface area contributed by atoms with Crippen LogP contribution in [0.1, 0.15) is 84.5 Å². The Kier molecular flexibility index (Phi) is 14.7. The Balaban J connectivity index is 3.10. The van der Waals surface area contributed by atoms with Gasteiger partial charge in [0.15, 0.2) is 0 Å². The molecule has 0 aliphatic rings. The maximum Gasteiger partial charge on any atom is 0.314 e. The third-order valence-corrected chi connectivity index (χ3v) is 3.38. The number of rotatable bonds is 13. The Hall–Kier alpha value is -0.730. The molecule has 114 valence electrons. The summed E-state index contributed by atoms with van der Waals surface area (Å²) in [6.07, 6.45) is 13.9. The van der Waals surface area contributed by atoms with Gasteiger partial charge in [-0.3, -0.25) is 0 Å². The summed E-state index contributed by atoms with van der Waals surface area (Å²) in [6, 6.07) is -0.000881. The smallest absolute Gasteiger partial charge is 0.314 e. The highest BCUT2D eigenvalue weighted by Crippen LogP contribution is 2.07. The van der Waals surface area contributed by atoms with Crippen LogP contribution >= 0.6 is 0 Å². The molecule has 0 rings (SSSR count). The van der Waals surface area contributed by atoms with Gasteiger partial charge < -0.3 is 10.6 Å². The Morgan fingerprint density at radius 1 is 0.632 bits per heavy atom. The molecule has 0 saturated heterocycles. The minimum atomic E-state index is -0.000881. The van der Waals surface area contributed by atoms with Crippen LogP contribution in [0.2, 0.25) is 0 Å². The Labute approximate surface area is 119 Å². The fourth-order valence-corrected chi connectivity index (χ4v) is 2.10. The van der Waals surface area contributed by atoms with Crippen LogP contribution in [0.3, 0.4) is 0 Å². The predicted molar refractivity (Wildman–Crippen MR) is 83.5 cm³/mol. The van der Waals surface area contributed by atoms with Crippen LogP contribution in [0.25, 0.3) is 0 Å². The average Bonchev–Trinajstić information content (AvgIpc) is 2.42. The number of hydrogen-bond acceptors (Lipinski definition) is 1. The first kappa shape index (κ1) is 18.3. The van der Waals surface area contributed by atoms with Crippen LogP contribution in [0.5, 0.6) is 0 Å². The van der Waals surface area contributed by atoms with E-state index < -0.39 is 0 Å². The minimum Gasteiger partial charge on any atom is -0.338 e. The summed E-state index contributed by atoms with van der Waals surface area (Å²) in [5.74, 6) is 0. The summed E-state index contributed by atoms with van der Waals surface area (Å²) in [7, 11) is 0. The molecule has 2 amide bonds. The van der Waals surface area contributed by atoms with E-state index in [0.717, 1.165) is 25.9 Å². The highest BCUT2D eigenvalue weighted by molar-refractivity contribution is 5.73. The molecule has 0 saturated carbocycles. The number of unbranched alkanes of at least 4 members (excludes halogenated alkanes) is 9. The Bertz CT molecular complexity index is 195. The fraction of sp³-hybridized carbons (Fsp3) is 0.938. The van der Waals surface area contributed by atoms with Crippen molar-refractivity contribution in [2.75, 3.05) is 13.1 Å². The summed E-state index contributed by atoms with van der Waals surface area (Å²) >= 11 is 0. The number of nitrogens with one attached hydrogen (secondary N) is 2. The van der Waals surface area contributed by atoms with Crippen LogP contribution < -0.4 is 10.6 Å². The van der Waals surface area contributed by atoms with E-state index in [1.807, 2.05) is 0 Å². The second kappa shape index (κ2) is 15.3. The molecule has 0 bridgehead atoms. The van der Waals surface area contributed by atoms with E-state index in [4.69, 9.17) is 0 Å². The van der Waals surface area contributed by atoms with Gasteiger partial charge in [0.05, 0.1) is 0 Å². The zero-order valence-corrected chi connectivity index (χ0v) is 13.1. The lowest BCUT2D eigenvalue weighted by atomic mass is 10.1. The van der Waals surface area contributed by atoms with E-state index in [0.29, 0.717) is 0 Å². The minimum absolute atomic E-state index is 0.000881. The van der Waals surface area contributed by atoms with E-state index in [1.165, 1.54) is 57.8 Å². The first-order valence-electron chi connectivity index (χ1n) is 8.33. The van der Waals surface area contributed by atoms with Crippen molar-refractivity contribution in [3.05, 3.63) is 0 Å². The number of amides is 2. The molecule has 0 radical (unpaired) electrons. The first-order valence-corrected chi connectivity index (χ1v) is 8.33. The maximum atomic E-state index is 11.4. The molecular formula is C16H34N2O. The third-order valence-electron chi connectivity index (χ3n) is 3.38. The molecule has 3 heteroatoms. The second-order valence-corrected chi connectivity index (χ2v) is 5.36. The van der Waals surface area contributed by atoms with Gasteiger partial charge in [0.2, 0.25) is 0 Å². The SMILES string of the molecule is CCCCCCCCCCNC(=O)NCCCCC. The van der Waals surface area contributed by atoms with E-state index in [2.05, 4.69) is 24.5 Å². The average molecular weight is 270 g/mol. The molecule has 0 aromatic carbocycles. The van der Waals surface area contributed by atoms with Crippen molar-refractivity contribution in [3.8, 4) is 0 Å². The van der Waals surface area contributed by atoms with Crippen LogP contribution in [-0.4, -0.2) is 19.1 Å². The summed E-state index contributed by atoms with van der Waals surface area (Å²) < 4.78 is 0. The molecule has 3 nitrogen and oxygen atoms in total. The first-order chi connectivity index (χ1) is 9.31. The quantitative estimate of drug-likeness (QED) is 0.471. The summed E-state index contributed by atoms with van der Waals surface area (Å²) in [4.78, 5) is 11.4. The van der Waals surface area contributed by atoms with E-state index in [1.54, 1.807) is 0 Å². The predicted octanol–water partition coefficient (Wildman–Crippen LogP) is 4.62. The van der Waals surface area contributed by atoms with Crippen molar-refractivity contribution in [1.82, 2.24) is 10.6 Å². The number of carbonyl (C=O) groups is 1. The molecule has 19 heavy (non-hydrogen) atoms. The lowest BCUT2D eigenvalue weighted by Gasteiger charge is -2.07. The van der Waals surface area contributed by atoms with Gasteiger partial charge in [-0.1, -0.05) is 71.6 Å². The van der Waals surface area contributed by atoms with Gasteiger partial charge in [0, 0.05) is 13.1 Å².